The van der Waals surface area contributed by atoms with Crippen LogP contribution in [0, 0.1) is 5.82 Å². The van der Waals surface area contributed by atoms with Gasteiger partial charge in [-0.15, -0.1) is 0 Å². The lowest BCUT2D eigenvalue weighted by molar-refractivity contribution is -0.120. The summed E-state index contributed by atoms with van der Waals surface area (Å²) in [5, 5.41) is 2.94. The number of amides is 1. The second kappa shape index (κ2) is 12.8. The molecular weight excluding hydrogens is 524 g/mol. The molecule has 0 saturated carbocycles. The maximum atomic E-state index is 14.3. The van der Waals surface area contributed by atoms with Crippen molar-refractivity contribution >= 4 is 31.4 Å². The third kappa shape index (κ3) is 6.75. The quantitative estimate of drug-likeness (QED) is 0.235. The minimum Gasteiger partial charge on any atom is -0.493 e. The lowest BCUT2D eigenvalue weighted by Gasteiger charge is -2.15. The number of ether oxygens (including phenoxy) is 3. The molecule has 0 fully saturated rings. The Kier molecular flexibility index (Phi) is 9.19. The van der Waals surface area contributed by atoms with Gasteiger partial charge in [0.05, 0.1) is 20.6 Å². The molecule has 39 heavy (non-hydrogen) atoms. The molecule has 0 radical (unpaired) electrons. The fourth-order valence-electron chi connectivity index (χ4n) is 4.43. The Morgan fingerprint density at radius 2 is 1.72 bits per heavy atom. The van der Waals surface area contributed by atoms with Gasteiger partial charge in [-0.25, -0.2) is 4.39 Å². The number of carbonyl (C=O) groups excluding carboxylic acids is 1. The highest BCUT2D eigenvalue weighted by molar-refractivity contribution is 7.32. The van der Waals surface area contributed by atoms with Crippen molar-refractivity contribution < 1.29 is 37.4 Å². The second-order valence-corrected chi connectivity index (χ2v) is 9.54. The molecule has 0 bridgehead atoms. The van der Waals surface area contributed by atoms with Crippen molar-refractivity contribution in [1.82, 2.24) is 5.32 Å². The molecule has 0 aliphatic heterocycles. The lowest BCUT2D eigenvalue weighted by atomic mass is 10.00. The van der Waals surface area contributed by atoms with Crippen LogP contribution in [0.1, 0.15) is 35.6 Å². The number of methoxy groups -OCH3 is 2. The van der Waals surface area contributed by atoms with Crippen LogP contribution in [0.5, 0.6) is 17.2 Å². The van der Waals surface area contributed by atoms with Gasteiger partial charge in [0.15, 0.2) is 18.3 Å². The van der Waals surface area contributed by atoms with Crippen molar-refractivity contribution in [3.63, 3.8) is 0 Å². The minimum atomic E-state index is -3.16. The molecule has 8 nitrogen and oxygen atoms in total. The molecule has 10 heteroatoms. The molecule has 1 unspecified atom stereocenters. The summed E-state index contributed by atoms with van der Waals surface area (Å²) in [6.07, 6.45) is 2.00. The average molecular weight is 554 g/mol. The molecule has 3 aromatic carbocycles. The van der Waals surface area contributed by atoms with E-state index in [0.717, 1.165) is 27.8 Å². The summed E-state index contributed by atoms with van der Waals surface area (Å²) in [5.74, 6) is 0.302. The Labute approximate surface area is 226 Å². The van der Waals surface area contributed by atoms with Crippen LogP contribution in [0.2, 0.25) is 0 Å². The average Bonchev–Trinajstić information content (AvgIpc) is 3.17. The van der Waals surface area contributed by atoms with Gasteiger partial charge in [-0.1, -0.05) is 36.4 Å². The van der Waals surface area contributed by atoms with Crippen molar-refractivity contribution in [2.24, 2.45) is 0 Å². The van der Waals surface area contributed by atoms with Crippen molar-refractivity contribution in [3.8, 4) is 17.2 Å². The summed E-state index contributed by atoms with van der Waals surface area (Å²) in [5.41, 5.74) is 5.59. The number of allylic oxidation sites excluding steroid dienone is 2. The van der Waals surface area contributed by atoms with E-state index in [1.54, 1.807) is 18.2 Å². The van der Waals surface area contributed by atoms with E-state index in [9.17, 15) is 13.8 Å². The van der Waals surface area contributed by atoms with Crippen molar-refractivity contribution in [1.29, 1.82) is 0 Å². The van der Waals surface area contributed by atoms with E-state index < -0.39 is 15.0 Å². The number of nitrogens with one attached hydrogen (secondary N) is 1. The van der Waals surface area contributed by atoms with E-state index in [2.05, 4.69) is 9.84 Å². The lowest BCUT2D eigenvalue weighted by Crippen LogP contribution is -2.22. The molecule has 4 rings (SSSR count). The van der Waals surface area contributed by atoms with Gasteiger partial charge in [0.25, 0.3) is 0 Å². The molecule has 0 heterocycles. The van der Waals surface area contributed by atoms with Crippen LogP contribution in [0.4, 0.5) is 4.39 Å². The zero-order valence-corrected chi connectivity index (χ0v) is 22.7. The SMILES string of the molecule is COc1cc(/C=C2/C(C)=C(CC(=O)NCc3ccccc3)c3cc(F)ccc32)cc(OC)c1OCO[PH](=O)O. The standard InChI is InChI=1S/C29H29FNO7P/c1-18-23(11-20-12-26(35-2)29(27(13-20)36-3)37-17-38-39(33)34)22-10-9-21(30)14-25(22)24(18)15-28(32)31-16-19-7-5-4-6-8-19/h4-14,39H,15-17H2,1-3H3,(H,31,32)(H,33,34)/b23-11-. The van der Waals surface area contributed by atoms with E-state index >= 15 is 0 Å². The maximum absolute atomic E-state index is 14.3. The highest BCUT2D eigenvalue weighted by Gasteiger charge is 2.26. The highest BCUT2D eigenvalue weighted by atomic mass is 31.1. The van der Waals surface area contributed by atoms with E-state index in [1.807, 2.05) is 43.3 Å². The first-order valence-electron chi connectivity index (χ1n) is 12.1. The minimum absolute atomic E-state index is 0.0971. The summed E-state index contributed by atoms with van der Waals surface area (Å²) in [4.78, 5) is 21.7. The number of halogens is 1. The topological polar surface area (TPSA) is 103 Å². The van der Waals surface area contributed by atoms with Gasteiger partial charge in [0.1, 0.15) is 5.82 Å². The Bertz CT molecular complexity index is 1430. The van der Waals surface area contributed by atoms with Gasteiger partial charge < -0.3 is 24.4 Å². The third-order valence-corrected chi connectivity index (χ3v) is 6.67. The number of rotatable bonds is 11. The zero-order chi connectivity index (χ0) is 27.9. The first kappa shape index (κ1) is 28.1. The zero-order valence-electron chi connectivity index (χ0n) is 21.7. The monoisotopic (exact) mass is 553 g/mol. The number of hydrogen-bond donors (Lipinski definition) is 2. The highest BCUT2D eigenvalue weighted by Crippen LogP contribution is 2.45. The molecule has 1 aliphatic rings. The van der Waals surface area contributed by atoms with Crippen molar-refractivity contribution in [3.05, 3.63) is 94.3 Å². The van der Waals surface area contributed by atoms with Gasteiger partial charge in [-0.3, -0.25) is 13.9 Å². The Hall–Kier alpha value is -3.91. The van der Waals surface area contributed by atoms with Gasteiger partial charge >= 0.3 is 8.25 Å². The number of fused-ring (bicyclic) bond motifs is 1. The smallest absolute Gasteiger partial charge is 0.319 e. The number of carbonyl (C=O) groups is 1. The van der Waals surface area contributed by atoms with Crippen molar-refractivity contribution in [2.45, 2.75) is 19.9 Å². The molecule has 2 N–H and O–H groups in total. The Balaban J connectivity index is 1.66. The van der Waals surface area contributed by atoms with Crippen LogP contribution in [0.3, 0.4) is 0 Å². The second-order valence-electron chi connectivity index (χ2n) is 8.72. The Morgan fingerprint density at radius 3 is 2.36 bits per heavy atom. The van der Waals surface area contributed by atoms with Crippen LogP contribution < -0.4 is 19.5 Å². The largest absolute Gasteiger partial charge is 0.493 e. The summed E-state index contributed by atoms with van der Waals surface area (Å²) in [6, 6.07) is 17.6. The Morgan fingerprint density at radius 1 is 1.03 bits per heavy atom. The summed E-state index contributed by atoms with van der Waals surface area (Å²) >= 11 is 0. The van der Waals surface area contributed by atoms with Gasteiger partial charge in [0.2, 0.25) is 11.7 Å². The van der Waals surface area contributed by atoms with Crippen molar-refractivity contribution in [2.75, 3.05) is 21.0 Å². The fraction of sp³-hybridized carbons (Fsp3) is 0.207. The summed E-state index contributed by atoms with van der Waals surface area (Å²) < 4.78 is 46.2. The molecule has 0 aromatic heterocycles. The van der Waals surface area contributed by atoms with E-state index in [-0.39, 0.29) is 23.9 Å². The van der Waals surface area contributed by atoms with Crippen LogP contribution in [0.25, 0.3) is 17.2 Å². The predicted octanol–water partition coefficient (Wildman–Crippen LogP) is 5.61. The molecular formula is C29H29FNO7P. The molecule has 0 spiro atoms. The predicted molar refractivity (Wildman–Crippen MR) is 147 cm³/mol. The molecule has 1 atom stereocenters. The van der Waals surface area contributed by atoms with Crippen LogP contribution in [-0.4, -0.2) is 31.8 Å². The van der Waals surface area contributed by atoms with E-state index in [0.29, 0.717) is 29.2 Å². The van der Waals surface area contributed by atoms with Crippen LogP contribution >= 0.6 is 8.25 Å². The molecule has 0 saturated heterocycles. The number of hydrogen-bond acceptors (Lipinski definition) is 6. The summed E-state index contributed by atoms with van der Waals surface area (Å²) in [7, 11) is -0.246. The van der Waals surface area contributed by atoms with Gasteiger partial charge in [-0.05, 0) is 76.2 Å². The first-order chi connectivity index (χ1) is 18.8. The molecule has 3 aromatic rings. The van der Waals surface area contributed by atoms with Crippen LogP contribution in [-0.2, 0) is 20.4 Å². The van der Waals surface area contributed by atoms with E-state index in [1.165, 1.54) is 26.4 Å². The third-order valence-electron chi connectivity index (χ3n) is 6.30. The normalized spacial score (nSPS) is 14.2. The maximum Gasteiger partial charge on any atom is 0.319 e. The fourth-order valence-corrected chi connectivity index (χ4v) is 4.59. The first-order valence-corrected chi connectivity index (χ1v) is 13.3. The number of benzene rings is 3. The molecule has 1 aliphatic carbocycles. The molecule has 204 valence electrons. The van der Waals surface area contributed by atoms with Gasteiger partial charge in [0, 0.05) is 6.54 Å². The molecule has 1 amide bonds. The summed E-state index contributed by atoms with van der Waals surface area (Å²) in [6.45, 7) is 1.85. The van der Waals surface area contributed by atoms with E-state index in [4.69, 9.17) is 19.1 Å². The van der Waals surface area contributed by atoms with Crippen LogP contribution in [0.15, 0.2) is 66.2 Å². The van der Waals surface area contributed by atoms with Gasteiger partial charge in [-0.2, -0.15) is 0 Å².